The fourth-order valence-corrected chi connectivity index (χ4v) is 1.68. The van der Waals surface area contributed by atoms with Gasteiger partial charge in [-0.3, -0.25) is 9.48 Å². The number of allylic oxidation sites excluding steroid dienone is 1. The van der Waals surface area contributed by atoms with Gasteiger partial charge in [0.25, 0.3) is 0 Å². The Kier molecular flexibility index (Phi) is 3.95. The monoisotopic (exact) mass is 272 g/mol. The van der Waals surface area contributed by atoms with E-state index in [2.05, 4.69) is 5.10 Å². The molecule has 102 valence electrons. The van der Waals surface area contributed by atoms with Gasteiger partial charge in [0.2, 0.25) is 11.5 Å². The molecule has 0 unspecified atom stereocenters. The summed E-state index contributed by atoms with van der Waals surface area (Å²) >= 11 is 0. The second-order valence-corrected chi connectivity index (χ2v) is 4.06. The van der Waals surface area contributed by atoms with Crippen LogP contribution in [0.2, 0.25) is 0 Å². The molecule has 2 rings (SSSR count). The summed E-state index contributed by atoms with van der Waals surface area (Å²) < 4.78 is 1.45. The van der Waals surface area contributed by atoms with Gasteiger partial charge in [-0.05, 0) is 11.6 Å². The molecule has 0 amide bonds. The number of aliphatic carboxylic acids is 1. The Morgan fingerprint density at radius 3 is 2.50 bits per heavy atom. The van der Waals surface area contributed by atoms with Crippen LogP contribution in [0.15, 0.2) is 54.4 Å². The fourth-order valence-electron chi connectivity index (χ4n) is 1.68. The Labute approximate surface area is 114 Å². The minimum absolute atomic E-state index is 0.210. The summed E-state index contributed by atoms with van der Waals surface area (Å²) in [6.45, 7) is 0.386. The van der Waals surface area contributed by atoms with Gasteiger partial charge in [0, 0.05) is 12.3 Å². The van der Waals surface area contributed by atoms with Crippen LogP contribution in [0.3, 0.4) is 0 Å². The minimum Gasteiger partial charge on any atom is -0.502 e. The van der Waals surface area contributed by atoms with Crippen molar-refractivity contribution in [3.63, 3.8) is 0 Å². The van der Waals surface area contributed by atoms with Crippen LogP contribution in [0, 0.1) is 0 Å². The first-order valence-electron chi connectivity index (χ1n) is 5.82. The van der Waals surface area contributed by atoms with E-state index in [4.69, 9.17) is 10.2 Å². The van der Waals surface area contributed by atoms with E-state index >= 15 is 0 Å². The standard InChI is InChI=1S/C14H12N2O4/c17-12(8-13(18)14(19)20)11-6-7-15-16(11)9-10-4-2-1-3-5-10/h1-8,18H,9H2,(H,19,20). The fraction of sp³-hybridized carbons (Fsp3) is 0.0714. The van der Waals surface area contributed by atoms with Crippen molar-refractivity contribution in [2.75, 3.05) is 0 Å². The zero-order valence-corrected chi connectivity index (χ0v) is 10.4. The third-order valence-corrected chi connectivity index (χ3v) is 2.63. The van der Waals surface area contributed by atoms with Crippen LogP contribution in [-0.2, 0) is 11.3 Å². The van der Waals surface area contributed by atoms with Gasteiger partial charge in [-0.2, -0.15) is 5.10 Å². The molecule has 6 nitrogen and oxygen atoms in total. The van der Waals surface area contributed by atoms with Crippen LogP contribution >= 0.6 is 0 Å². The molecule has 0 aliphatic heterocycles. The van der Waals surface area contributed by atoms with Crippen molar-refractivity contribution in [1.82, 2.24) is 9.78 Å². The van der Waals surface area contributed by atoms with Gasteiger partial charge < -0.3 is 10.2 Å². The molecule has 6 heteroatoms. The van der Waals surface area contributed by atoms with E-state index in [-0.39, 0.29) is 5.69 Å². The Hall–Kier alpha value is -2.89. The molecule has 0 saturated heterocycles. The average Bonchev–Trinajstić information content (AvgIpc) is 2.88. The average molecular weight is 272 g/mol. The summed E-state index contributed by atoms with van der Waals surface area (Å²) in [6, 6.07) is 10.9. The number of benzene rings is 1. The highest BCUT2D eigenvalue weighted by molar-refractivity contribution is 6.06. The van der Waals surface area contributed by atoms with Gasteiger partial charge in [0.05, 0.1) is 6.54 Å². The smallest absolute Gasteiger partial charge is 0.371 e. The summed E-state index contributed by atoms with van der Waals surface area (Å²) in [5, 5.41) is 21.6. The lowest BCUT2D eigenvalue weighted by Crippen LogP contribution is -2.11. The molecule has 0 radical (unpaired) electrons. The number of carboxylic acid groups (broad SMARTS) is 1. The second-order valence-electron chi connectivity index (χ2n) is 4.06. The zero-order chi connectivity index (χ0) is 14.5. The summed E-state index contributed by atoms with van der Waals surface area (Å²) in [7, 11) is 0. The van der Waals surface area contributed by atoms with E-state index in [0.29, 0.717) is 12.6 Å². The first-order chi connectivity index (χ1) is 9.58. The van der Waals surface area contributed by atoms with Crippen molar-refractivity contribution in [3.05, 3.63) is 65.7 Å². The van der Waals surface area contributed by atoms with Crippen LogP contribution in [-0.4, -0.2) is 31.7 Å². The molecule has 0 bridgehead atoms. The van der Waals surface area contributed by atoms with Crippen molar-refractivity contribution in [3.8, 4) is 0 Å². The number of aromatic nitrogens is 2. The van der Waals surface area contributed by atoms with E-state index in [0.717, 1.165) is 5.56 Å². The lowest BCUT2D eigenvalue weighted by Gasteiger charge is -2.05. The van der Waals surface area contributed by atoms with E-state index in [9.17, 15) is 9.59 Å². The molecule has 0 fully saturated rings. The van der Waals surface area contributed by atoms with E-state index in [1.54, 1.807) is 0 Å². The molecule has 1 heterocycles. The molecular weight excluding hydrogens is 260 g/mol. The number of nitrogens with zero attached hydrogens (tertiary/aromatic N) is 2. The van der Waals surface area contributed by atoms with E-state index in [1.165, 1.54) is 16.9 Å². The molecule has 20 heavy (non-hydrogen) atoms. The number of carbonyl (C=O) groups is 2. The van der Waals surface area contributed by atoms with Crippen molar-refractivity contribution in [2.24, 2.45) is 0 Å². The number of carboxylic acids is 1. The predicted molar refractivity (Wildman–Crippen MR) is 70.4 cm³/mol. The summed E-state index contributed by atoms with van der Waals surface area (Å²) in [5.41, 5.74) is 1.17. The third kappa shape index (κ3) is 3.11. The third-order valence-electron chi connectivity index (χ3n) is 2.63. The van der Waals surface area contributed by atoms with E-state index < -0.39 is 17.5 Å². The molecule has 0 aliphatic rings. The Balaban J connectivity index is 2.23. The minimum atomic E-state index is -1.55. The predicted octanol–water partition coefficient (Wildman–Crippen LogP) is 1.64. The van der Waals surface area contributed by atoms with Gasteiger partial charge >= 0.3 is 5.97 Å². The van der Waals surface area contributed by atoms with Crippen LogP contribution < -0.4 is 0 Å². The molecule has 0 spiro atoms. The SMILES string of the molecule is O=C(O)C(O)=CC(=O)c1ccnn1Cc1ccccc1. The van der Waals surface area contributed by atoms with E-state index in [1.807, 2.05) is 30.3 Å². The number of rotatable bonds is 5. The molecule has 2 aromatic rings. The van der Waals surface area contributed by atoms with Crippen molar-refractivity contribution < 1.29 is 19.8 Å². The molecule has 2 N–H and O–H groups in total. The molecule has 0 atom stereocenters. The highest BCUT2D eigenvalue weighted by atomic mass is 16.4. The number of aliphatic hydroxyl groups is 1. The largest absolute Gasteiger partial charge is 0.502 e. The Morgan fingerprint density at radius 1 is 1.15 bits per heavy atom. The zero-order valence-electron chi connectivity index (χ0n) is 10.4. The highest BCUT2D eigenvalue weighted by Crippen LogP contribution is 2.07. The molecule has 0 saturated carbocycles. The maximum Gasteiger partial charge on any atom is 0.371 e. The van der Waals surface area contributed by atoms with Crippen molar-refractivity contribution >= 4 is 11.8 Å². The normalized spacial score (nSPS) is 11.3. The first kappa shape index (κ1) is 13.5. The highest BCUT2D eigenvalue weighted by Gasteiger charge is 2.13. The summed E-state index contributed by atoms with van der Waals surface area (Å²) in [6.07, 6.45) is 2.11. The first-order valence-corrected chi connectivity index (χ1v) is 5.82. The lowest BCUT2D eigenvalue weighted by atomic mass is 10.2. The van der Waals surface area contributed by atoms with Gasteiger partial charge in [0.1, 0.15) is 5.69 Å². The number of hydrogen-bond donors (Lipinski definition) is 2. The van der Waals surface area contributed by atoms with Gasteiger partial charge in [-0.1, -0.05) is 30.3 Å². The molecular formula is C14H12N2O4. The van der Waals surface area contributed by atoms with Gasteiger partial charge in [0.15, 0.2) is 0 Å². The Morgan fingerprint density at radius 2 is 1.85 bits per heavy atom. The Bertz CT molecular complexity index is 659. The van der Waals surface area contributed by atoms with Crippen LogP contribution in [0.4, 0.5) is 0 Å². The number of aliphatic hydroxyl groups excluding tert-OH is 1. The maximum atomic E-state index is 11.9. The number of carbonyl (C=O) groups excluding carboxylic acids is 1. The summed E-state index contributed by atoms with van der Waals surface area (Å²) in [5.74, 6) is -3.16. The lowest BCUT2D eigenvalue weighted by molar-refractivity contribution is -0.135. The number of ketones is 1. The molecule has 0 aliphatic carbocycles. The topological polar surface area (TPSA) is 92.4 Å². The molecule has 1 aromatic heterocycles. The van der Waals surface area contributed by atoms with Crippen molar-refractivity contribution in [2.45, 2.75) is 6.54 Å². The van der Waals surface area contributed by atoms with Crippen molar-refractivity contribution in [1.29, 1.82) is 0 Å². The quantitative estimate of drug-likeness (QED) is 0.490. The van der Waals surface area contributed by atoms with Crippen LogP contribution in [0.25, 0.3) is 0 Å². The van der Waals surface area contributed by atoms with Gasteiger partial charge in [-0.25, -0.2) is 4.79 Å². The van der Waals surface area contributed by atoms with Crippen LogP contribution in [0.5, 0.6) is 0 Å². The number of hydrogen-bond acceptors (Lipinski definition) is 4. The maximum absolute atomic E-state index is 11.9. The van der Waals surface area contributed by atoms with Gasteiger partial charge in [-0.15, -0.1) is 0 Å². The molecule has 1 aromatic carbocycles. The second kappa shape index (κ2) is 5.83. The summed E-state index contributed by atoms with van der Waals surface area (Å²) in [4.78, 5) is 22.4. The van der Waals surface area contributed by atoms with Crippen LogP contribution in [0.1, 0.15) is 16.1 Å².